The summed E-state index contributed by atoms with van der Waals surface area (Å²) in [5.74, 6) is 0.603. The highest BCUT2D eigenvalue weighted by Crippen LogP contribution is 2.23. The quantitative estimate of drug-likeness (QED) is 0.643. The van der Waals surface area contributed by atoms with E-state index in [2.05, 4.69) is 43.1 Å². The molecule has 0 saturated carbocycles. The number of benzene rings is 1. The van der Waals surface area contributed by atoms with E-state index in [0.29, 0.717) is 5.92 Å². The molecule has 2 heterocycles. The van der Waals surface area contributed by atoms with Crippen LogP contribution in [-0.4, -0.2) is 20.7 Å². The van der Waals surface area contributed by atoms with Crippen LogP contribution in [0.4, 0.5) is 5.69 Å². The summed E-state index contributed by atoms with van der Waals surface area (Å²) in [6, 6.07) is 9.47. The molecule has 0 aliphatic heterocycles. The Kier molecular flexibility index (Phi) is 6.06. The van der Waals surface area contributed by atoms with Gasteiger partial charge in [0.15, 0.2) is 0 Å². The van der Waals surface area contributed by atoms with Crippen molar-refractivity contribution in [2.24, 2.45) is 5.92 Å². The van der Waals surface area contributed by atoms with Gasteiger partial charge in [0.05, 0.1) is 17.8 Å². The largest absolute Gasteiger partial charge is 0.326 e. The van der Waals surface area contributed by atoms with Crippen LogP contribution in [-0.2, 0) is 17.6 Å². The Bertz CT molecular complexity index is 912. The number of para-hydroxylation sites is 1. The minimum Gasteiger partial charge on any atom is -0.326 e. The molecule has 5 nitrogen and oxygen atoms in total. The number of rotatable bonds is 7. The van der Waals surface area contributed by atoms with Crippen molar-refractivity contribution >= 4 is 22.9 Å². The van der Waals surface area contributed by atoms with Gasteiger partial charge in [0.1, 0.15) is 0 Å². The number of anilines is 1. The monoisotopic (exact) mass is 382 g/mol. The Morgan fingerprint density at radius 2 is 1.96 bits per heavy atom. The van der Waals surface area contributed by atoms with Gasteiger partial charge in [-0.3, -0.25) is 4.79 Å². The minimum atomic E-state index is -0.0657. The van der Waals surface area contributed by atoms with Crippen molar-refractivity contribution in [3.8, 4) is 5.13 Å². The molecule has 0 bridgehead atoms. The molecule has 27 heavy (non-hydrogen) atoms. The number of amides is 1. The fourth-order valence-corrected chi connectivity index (χ4v) is 3.85. The summed E-state index contributed by atoms with van der Waals surface area (Å²) >= 11 is 1.52. The second-order valence-corrected chi connectivity index (χ2v) is 8.04. The lowest BCUT2D eigenvalue weighted by Crippen LogP contribution is -2.14. The summed E-state index contributed by atoms with van der Waals surface area (Å²) in [5, 5.41) is 10.3. The number of nitrogens with zero attached hydrogens (tertiary/aromatic N) is 3. The molecule has 0 fully saturated rings. The third kappa shape index (κ3) is 4.83. The van der Waals surface area contributed by atoms with E-state index in [1.807, 2.05) is 40.4 Å². The summed E-state index contributed by atoms with van der Waals surface area (Å²) in [6.07, 6.45) is 2.44. The molecule has 0 aliphatic rings. The Labute approximate surface area is 164 Å². The number of aryl methyl sites for hydroxylation is 1. The van der Waals surface area contributed by atoms with Crippen LogP contribution in [0.25, 0.3) is 5.13 Å². The van der Waals surface area contributed by atoms with Crippen LogP contribution in [0, 0.1) is 19.8 Å². The van der Waals surface area contributed by atoms with Crippen molar-refractivity contribution < 1.29 is 4.79 Å². The van der Waals surface area contributed by atoms with E-state index in [9.17, 15) is 4.79 Å². The Balaban J connectivity index is 1.70. The van der Waals surface area contributed by atoms with Crippen molar-refractivity contribution in [2.45, 2.75) is 47.0 Å². The van der Waals surface area contributed by atoms with E-state index in [1.165, 1.54) is 16.9 Å². The van der Waals surface area contributed by atoms with E-state index >= 15 is 0 Å². The summed E-state index contributed by atoms with van der Waals surface area (Å²) < 4.78 is 1.91. The summed E-state index contributed by atoms with van der Waals surface area (Å²) in [6.45, 7) is 8.63. The smallest absolute Gasteiger partial charge is 0.230 e. The number of hydrogen-bond acceptors (Lipinski definition) is 4. The Hall–Kier alpha value is -2.47. The predicted molar refractivity (Wildman–Crippen MR) is 111 cm³/mol. The average Bonchev–Trinajstić information content (AvgIpc) is 3.18. The number of hydrogen-bond donors (Lipinski definition) is 1. The Morgan fingerprint density at radius 1 is 1.22 bits per heavy atom. The van der Waals surface area contributed by atoms with E-state index in [4.69, 9.17) is 0 Å². The molecular weight excluding hydrogens is 356 g/mol. The maximum absolute atomic E-state index is 12.2. The summed E-state index contributed by atoms with van der Waals surface area (Å²) in [4.78, 5) is 16.9. The van der Waals surface area contributed by atoms with Crippen LogP contribution in [0.5, 0.6) is 0 Å². The van der Waals surface area contributed by atoms with Gasteiger partial charge in [-0.15, -0.1) is 11.3 Å². The van der Waals surface area contributed by atoms with Crippen LogP contribution >= 0.6 is 11.3 Å². The number of carbonyl (C=O) groups excluding carboxylic acids is 1. The normalized spacial score (nSPS) is 11.1. The Morgan fingerprint density at radius 3 is 2.67 bits per heavy atom. The summed E-state index contributed by atoms with van der Waals surface area (Å²) in [7, 11) is 0. The molecule has 1 amide bonds. The zero-order chi connectivity index (χ0) is 19.4. The summed E-state index contributed by atoms with van der Waals surface area (Å²) in [5.41, 5.74) is 5.07. The molecule has 142 valence electrons. The fraction of sp³-hybridized carbons (Fsp3) is 0.381. The topological polar surface area (TPSA) is 59.8 Å². The van der Waals surface area contributed by atoms with Crippen molar-refractivity contribution in [2.75, 3.05) is 5.32 Å². The first-order valence-corrected chi connectivity index (χ1v) is 10.2. The fourth-order valence-electron chi connectivity index (χ4n) is 3.02. The van der Waals surface area contributed by atoms with Crippen LogP contribution in [0.15, 0.2) is 35.7 Å². The third-order valence-corrected chi connectivity index (χ3v) is 5.40. The van der Waals surface area contributed by atoms with Crippen LogP contribution in [0.2, 0.25) is 0 Å². The van der Waals surface area contributed by atoms with Gasteiger partial charge in [0.2, 0.25) is 11.0 Å². The zero-order valence-electron chi connectivity index (χ0n) is 16.3. The highest BCUT2D eigenvalue weighted by Gasteiger charge is 2.16. The van der Waals surface area contributed by atoms with Gasteiger partial charge in [-0.25, -0.2) is 9.67 Å². The molecule has 0 aliphatic carbocycles. The van der Waals surface area contributed by atoms with Gasteiger partial charge in [0, 0.05) is 16.8 Å². The van der Waals surface area contributed by atoms with Gasteiger partial charge in [-0.1, -0.05) is 32.0 Å². The van der Waals surface area contributed by atoms with E-state index in [-0.39, 0.29) is 12.3 Å². The predicted octanol–water partition coefficient (Wildman–Crippen LogP) is 4.72. The second-order valence-electron chi connectivity index (χ2n) is 7.21. The van der Waals surface area contributed by atoms with Gasteiger partial charge >= 0.3 is 0 Å². The van der Waals surface area contributed by atoms with Gasteiger partial charge < -0.3 is 5.32 Å². The first-order chi connectivity index (χ1) is 12.9. The van der Waals surface area contributed by atoms with E-state index < -0.39 is 0 Å². The lowest BCUT2D eigenvalue weighted by atomic mass is 10.0. The first kappa shape index (κ1) is 19.3. The van der Waals surface area contributed by atoms with Crippen molar-refractivity contribution in [3.05, 3.63) is 58.4 Å². The van der Waals surface area contributed by atoms with Gasteiger partial charge in [0.25, 0.3) is 0 Å². The SMILES string of the molecule is Cc1nn(-c2nc(CC(=O)Nc3ccccc3)cs2)c(C)c1CCC(C)C. The maximum atomic E-state index is 12.2. The highest BCUT2D eigenvalue weighted by molar-refractivity contribution is 7.12. The zero-order valence-corrected chi connectivity index (χ0v) is 17.1. The molecule has 0 spiro atoms. The average molecular weight is 383 g/mol. The van der Waals surface area contributed by atoms with Crippen molar-refractivity contribution in [1.29, 1.82) is 0 Å². The van der Waals surface area contributed by atoms with Crippen LogP contribution in [0.3, 0.4) is 0 Å². The lowest BCUT2D eigenvalue weighted by Gasteiger charge is -2.05. The standard InChI is InChI=1S/C21H26N4OS/c1-14(2)10-11-19-15(3)24-25(16(19)4)21-23-18(13-27-21)12-20(26)22-17-8-6-5-7-9-17/h5-9,13-14H,10-12H2,1-4H3,(H,22,26). The molecule has 3 rings (SSSR count). The molecule has 1 N–H and O–H groups in total. The molecular formula is C21H26N4OS. The second kappa shape index (κ2) is 8.48. The van der Waals surface area contributed by atoms with Crippen LogP contribution in [0.1, 0.15) is 42.9 Å². The molecule has 3 aromatic rings. The number of nitrogens with one attached hydrogen (secondary N) is 1. The maximum Gasteiger partial charge on any atom is 0.230 e. The number of carbonyl (C=O) groups is 1. The van der Waals surface area contributed by atoms with E-state index in [0.717, 1.165) is 40.7 Å². The van der Waals surface area contributed by atoms with Crippen molar-refractivity contribution in [1.82, 2.24) is 14.8 Å². The molecule has 1 aromatic carbocycles. The van der Waals surface area contributed by atoms with Crippen LogP contribution < -0.4 is 5.32 Å². The number of thiazole rings is 1. The van der Waals surface area contributed by atoms with Gasteiger partial charge in [-0.2, -0.15) is 5.10 Å². The molecule has 6 heteroatoms. The van der Waals surface area contributed by atoms with E-state index in [1.54, 1.807) is 0 Å². The molecule has 0 atom stereocenters. The third-order valence-electron chi connectivity index (χ3n) is 4.53. The van der Waals surface area contributed by atoms with Crippen molar-refractivity contribution in [3.63, 3.8) is 0 Å². The molecule has 0 radical (unpaired) electrons. The molecule has 0 saturated heterocycles. The molecule has 2 aromatic heterocycles. The van der Waals surface area contributed by atoms with Gasteiger partial charge in [-0.05, 0) is 50.3 Å². The number of aromatic nitrogens is 3. The minimum absolute atomic E-state index is 0.0657. The first-order valence-electron chi connectivity index (χ1n) is 9.28. The lowest BCUT2D eigenvalue weighted by molar-refractivity contribution is -0.115. The highest BCUT2D eigenvalue weighted by atomic mass is 32.1. The molecule has 0 unspecified atom stereocenters.